The molecular formula is C13H20O. The second-order valence-electron chi connectivity index (χ2n) is 4.41. The average molecular weight is 192 g/mol. The Labute approximate surface area is 86.9 Å². The molecule has 0 spiro atoms. The summed E-state index contributed by atoms with van der Waals surface area (Å²) in [6.07, 6.45) is 7.89. The second-order valence-corrected chi connectivity index (χ2v) is 4.41. The Balaban J connectivity index is 2.57. The third kappa shape index (κ3) is 2.83. The molecule has 1 nitrogen and oxygen atoms in total. The average Bonchev–Trinajstić information content (AvgIpc) is 2.45. The van der Waals surface area contributed by atoms with E-state index in [1.165, 1.54) is 5.57 Å². The minimum atomic E-state index is 0.267. The highest BCUT2D eigenvalue weighted by Crippen LogP contribution is 2.34. The lowest BCUT2D eigenvalue weighted by Gasteiger charge is -2.14. The zero-order valence-electron chi connectivity index (χ0n) is 9.25. The van der Waals surface area contributed by atoms with Gasteiger partial charge in [-0.25, -0.2) is 0 Å². The maximum atomic E-state index is 11.6. The Hall–Kier alpha value is -0.850. The first-order valence-electron chi connectivity index (χ1n) is 5.42. The summed E-state index contributed by atoms with van der Waals surface area (Å²) in [6, 6.07) is 0. The van der Waals surface area contributed by atoms with Crippen LogP contribution in [0.5, 0.6) is 0 Å². The summed E-state index contributed by atoms with van der Waals surface area (Å²) in [5, 5.41) is 0. The molecule has 0 saturated heterocycles. The third-order valence-corrected chi connectivity index (χ3v) is 2.99. The molecule has 1 aliphatic carbocycles. The van der Waals surface area contributed by atoms with Gasteiger partial charge in [-0.05, 0) is 39.0 Å². The van der Waals surface area contributed by atoms with Crippen LogP contribution < -0.4 is 0 Å². The van der Waals surface area contributed by atoms with E-state index in [-0.39, 0.29) is 5.92 Å². The predicted molar refractivity (Wildman–Crippen MR) is 60.1 cm³/mol. The molecule has 1 rings (SSSR count). The quantitative estimate of drug-likeness (QED) is 0.623. The smallest absolute Gasteiger partial charge is 0.136 e. The van der Waals surface area contributed by atoms with Crippen LogP contribution in [0.3, 0.4) is 0 Å². The summed E-state index contributed by atoms with van der Waals surface area (Å²) in [5.74, 6) is 1.27. The fourth-order valence-electron chi connectivity index (χ4n) is 2.16. The van der Waals surface area contributed by atoms with Crippen molar-refractivity contribution in [1.29, 1.82) is 0 Å². The Morgan fingerprint density at radius 1 is 1.50 bits per heavy atom. The first-order chi connectivity index (χ1) is 6.65. The van der Waals surface area contributed by atoms with Gasteiger partial charge in [0.05, 0.1) is 0 Å². The van der Waals surface area contributed by atoms with E-state index >= 15 is 0 Å². The molecule has 0 unspecified atom stereocenters. The standard InChI is InChI=1S/C13H20O/c1-4-5-11-7-9-13(14)12(11)8-6-10(2)3/h4,6,11-12H,1,5,7-9H2,2-3H3/t11-,12+/m0/s1. The van der Waals surface area contributed by atoms with Crippen LogP contribution in [0.1, 0.15) is 39.5 Å². The van der Waals surface area contributed by atoms with Crippen LogP contribution in [-0.4, -0.2) is 5.78 Å². The SMILES string of the molecule is C=CC[C@H]1CCC(=O)[C@@H]1CC=C(C)C. The number of Topliss-reactive ketones (excluding diaryl/α,β-unsaturated/α-hetero) is 1. The van der Waals surface area contributed by atoms with E-state index in [0.717, 1.165) is 25.7 Å². The molecule has 14 heavy (non-hydrogen) atoms. The molecule has 0 N–H and O–H groups in total. The van der Waals surface area contributed by atoms with Gasteiger partial charge < -0.3 is 0 Å². The molecule has 2 atom stereocenters. The highest BCUT2D eigenvalue weighted by Gasteiger charge is 2.32. The molecule has 1 aliphatic rings. The molecule has 0 aromatic heterocycles. The monoisotopic (exact) mass is 192 g/mol. The topological polar surface area (TPSA) is 17.1 Å². The third-order valence-electron chi connectivity index (χ3n) is 2.99. The summed E-state index contributed by atoms with van der Waals surface area (Å²) in [4.78, 5) is 11.6. The second kappa shape index (κ2) is 5.14. The molecule has 0 amide bonds. The zero-order valence-corrected chi connectivity index (χ0v) is 9.25. The van der Waals surface area contributed by atoms with Crippen LogP contribution in [0.4, 0.5) is 0 Å². The first-order valence-corrected chi connectivity index (χ1v) is 5.42. The van der Waals surface area contributed by atoms with E-state index in [9.17, 15) is 4.79 Å². The lowest BCUT2D eigenvalue weighted by molar-refractivity contribution is -0.121. The van der Waals surface area contributed by atoms with Crippen LogP contribution in [0, 0.1) is 11.8 Å². The lowest BCUT2D eigenvalue weighted by Crippen LogP contribution is -2.13. The van der Waals surface area contributed by atoms with Gasteiger partial charge in [-0.15, -0.1) is 6.58 Å². The lowest BCUT2D eigenvalue weighted by atomic mass is 9.89. The van der Waals surface area contributed by atoms with Gasteiger partial charge in [-0.3, -0.25) is 4.79 Å². The maximum Gasteiger partial charge on any atom is 0.136 e. The van der Waals surface area contributed by atoms with E-state index in [1.54, 1.807) is 0 Å². The molecule has 0 aromatic carbocycles. The molecule has 0 bridgehead atoms. The van der Waals surface area contributed by atoms with Crippen molar-refractivity contribution >= 4 is 5.78 Å². The van der Waals surface area contributed by atoms with Gasteiger partial charge in [0.1, 0.15) is 5.78 Å². The number of rotatable bonds is 4. The van der Waals surface area contributed by atoms with Crippen molar-refractivity contribution in [3.63, 3.8) is 0 Å². The van der Waals surface area contributed by atoms with E-state index in [4.69, 9.17) is 0 Å². The van der Waals surface area contributed by atoms with Crippen molar-refractivity contribution in [2.45, 2.75) is 39.5 Å². The van der Waals surface area contributed by atoms with Gasteiger partial charge in [0.2, 0.25) is 0 Å². The normalized spacial score (nSPS) is 26.3. The molecule has 1 fully saturated rings. The molecular weight excluding hydrogens is 172 g/mol. The summed E-state index contributed by atoms with van der Waals surface area (Å²) in [7, 11) is 0. The number of hydrogen-bond acceptors (Lipinski definition) is 1. The van der Waals surface area contributed by atoms with Crippen LogP contribution in [0.2, 0.25) is 0 Å². The van der Waals surface area contributed by atoms with Crippen LogP contribution in [0.25, 0.3) is 0 Å². The minimum Gasteiger partial charge on any atom is -0.299 e. The molecule has 1 heteroatoms. The van der Waals surface area contributed by atoms with Crippen LogP contribution in [0.15, 0.2) is 24.3 Å². The van der Waals surface area contributed by atoms with Gasteiger partial charge in [0, 0.05) is 12.3 Å². The van der Waals surface area contributed by atoms with Crippen molar-refractivity contribution < 1.29 is 4.79 Å². The number of carbonyl (C=O) groups excluding carboxylic acids is 1. The van der Waals surface area contributed by atoms with Gasteiger partial charge in [-0.2, -0.15) is 0 Å². The fourth-order valence-corrected chi connectivity index (χ4v) is 2.16. The van der Waals surface area contributed by atoms with Gasteiger partial charge in [0.15, 0.2) is 0 Å². The number of carbonyl (C=O) groups is 1. The summed E-state index contributed by atoms with van der Waals surface area (Å²) in [6.45, 7) is 7.92. The highest BCUT2D eigenvalue weighted by molar-refractivity contribution is 5.83. The first kappa shape index (κ1) is 11.2. The molecule has 1 saturated carbocycles. The maximum absolute atomic E-state index is 11.6. The Kier molecular flexibility index (Phi) is 4.12. The summed E-state index contributed by atoms with van der Waals surface area (Å²) in [5.41, 5.74) is 1.31. The summed E-state index contributed by atoms with van der Waals surface area (Å²) >= 11 is 0. The molecule has 0 radical (unpaired) electrons. The van der Waals surface area contributed by atoms with E-state index in [0.29, 0.717) is 11.7 Å². The molecule has 0 heterocycles. The van der Waals surface area contributed by atoms with Crippen LogP contribution >= 0.6 is 0 Å². The molecule has 78 valence electrons. The Bertz CT molecular complexity index is 246. The summed E-state index contributed by atoms with van der Waals surface area (Å²) < 4.78 is 0. The van der Waals surface area contributed by atoms with Gasteiger partial charge in [0.25, 0.3) is 0 Å². The van der Waals surface area contributed by atoms with Crippen molar-refractivity contribution in [3.8, 4) is 0 Å². The zero-order chi connectivity index (χ0) is 10.6. The highest BCUT2D eigenvalue weighted by atomic mass is 16.1. The van der Waals surface area contributed by atoms with Gasteiger partial charge in [-0.1, -0.05) is 17.7 Å². The van der Waals surface area contributed by atoms with E-state index in [2.05, 4.69) is 26.5 Å². The fraction of sp³-hybridized carbons (Fsp3) is 0.615. The van der Waals surface area contributed by atoms with Crippen molar-refractivity contribution in [2.24, 2.45) is 11.8 Å². The van der Waals surface area contributed by atoms with E-state index in [1.807, 2.05) is 6.08 Å². The van der Waals surface area contributed by atoms with Crippen molar-refractivity contribution in [1.82, 2.24) is 0 Å². The predicted octanol–water partition coefficient (Wildman–Crippen LogP) is 3.51. The Morgan fingerprint density at radius 3 is 2.79 bits per heavy atom. The van der Waals surface area contributed by atoms with E-state index < -0.39 is 0 Å². The largest absolute Gasteiger partial charge is 0.299 e. The van der Waals surface area contributed by atoms with Gasteiger partial charge >= 0.3 is 0 Å². The number of hydrogen-bond donors (Lipinski definition) is 0. The minimum absolute atomic E-state index is 0.267. The number of ketones is 1. The Morgan fingerprint density at radius 2 is 2.21 bits per heavy atom. The molecule has 0 aliphatic heterocycles. The number of allylic oxidation sites excluding steroid dienone is 3. The van der Waals surface area contributed by atoms with Crippen molar-refractivity contribution in [2.75, 3.05) is 0 Å². The van der Waals surface area contributed by atoms with Crippen molar-refractivity contribution in [3.05, 3.63) is 24.3 Å². The van der Waals surface area contributed by atoms with Crippen LogP contribution in [-0.2, 0) is 4.79 Å². The molecule has 0 aromatic rings.